The molecule has 18 heteroatoms. The summed E-state index contributed by atoms with van der Waals surface area (Å²) in [5.74, 6) is -0.853. The number of benzene rings is 1. The number of carbonyl (C=O) groups excluding carboxylic acids is 2. The topological polar surface area (TPSA) is 173 Å². The predicted octanol–water partition coefficient (Wildman–Crippen LogP) is 4.45. The Bertz CT molecular complexity index is 2280. The van der Waals surface area contributed by atoms with Gasteiger partial charge in [0.1, 0.15) is 18.7 Å². The number of carbonyl (C=O) groups is 2. The highest BCUT2D eigenvalue weighted by Gasteiger charge is 2.49. The monoisotopic (exact) mass is 722 g/mol. The molecule has 1 saturated heterocycles. The molecule has 1 aromatic carbocycles. The van der Waals surface area contributed by atoms with Crippen molar-refractivity contribution in [3.8, 4) is 17.1 Å². The largest absolute Gasteiger partial charge is 0.504 e. The molecule has 2 amide bonds. The van der Waals surface area contributed by atoms with Crippen molar-refractivity contribution in [3.63, 3.8) is 0 Å². The Morgan fingerprint density at radius 2 is 1.80 bits per heavy atom. The van der Waals surface area contributed by atoms with E-state index in [1.54, 1.807) is 23.3 Å². The van der Waals surface area contributed by atoms with E-state index in [0.29, 0.717) is 41.9 Å². The van der Waals surface area contributed by atoms with Gasteiger partial charge in [-0.3, -0.25) is 14.4 Å². The highest BCUT2D eigenvalue weighted by molar-refractivity contribution is 6.33. The summed E-state index contributed by atoms with van der Waals surface area (Å²) >= 11 is 6.13. The summed E-state index contributed by atoms with van der Waals surface area (Å²) in [6.45, 7) is 5.38. The maximum Gasteiger partial charge on any atom is 0.416 e. The number of nitrogens with one attached hydrogen (secondary N) is 1. The molecule has 264 valence electrons. The number of likely N-dealkylation sites (tertiary alicyclic amines) is 1. The Labute approximate surface area is 292 Å². The van der Waals surface area contributed by atoms with Crippen molar-refractivity contribution in [3.05, 3.63) is 86.3 Å². The zero-order valence-corrected chi connectivity index (χ0v) is 28.2. The molecule has 1 aliphatic heterocycles. The van der Waals surface area contributed by atoms with E-state index < -0.39 is 34.5 Å². The molecule has 7 rings (SSSR count). The van der Waals surface area contributed by atoms with E-state index in [2.05, 4.69) is 35.3 Å². The molecule has 1 unspecified atom stereocenters. The molecule has 2 aliphatic rings. The van der Waals surface area contributed by atoms with Crippen LogP contribution < -0.4 is 10.9 Å². The molecular formula is C33H30ClF3N10O4. The second-order valence-corrected chi connectivity index (χ2v) is 13.3. The maximum atomic E-state index is 14.4. The molecule has 14 nitrogen and oxygen atoms in total. The van der Waals surface area contributed by atoms with Gasteiger partial charge in [0, 0.05) is 42.2 Å². The lowest BCUT2D eigenvalue weighted by Crippen LogP contribution is -2.46. The van der Waals surface area contributed by atoms with Crippen LogP contribution in [0.15, 0.2) is 41.7 Å². The molecule has 1 fully saturated rings. The fraction of sp³-hybridized carbons (Fsp3) is 0.364. The highest BCUT2D eigenvalue weighted by Crippen LogP contribution is 2.50. The lowest BCUT2D eigenvalue weighted by atomic mass is 9.73. The van der Waals surface area contributed by atoms with E-state index >= 15 is 0 Å². The van der Waals surface area contributed by atoms with Gasteiger partial charge in [-0.05, 0) is 57.2 Å². The molecule has 51 heavy (non-hydrogen) atoms. The number of aryl methyl sites for hydroxylation is 2. The van der Waals surface area contributed by atoms with Crippen LogP contribution in [0.2, 0.25) is 5.02 Å². The van der Waals surface area contributed by atoms with Crippen molar-refractivity contribution in [2.24, 2.45) is 0 Å². The minimum Gasteiger partial charge on any atom is -0.504 e. The van der Waals surface area contributed by atoms with Crippen molar-refractivity contribution in [1.29, 1.82) is 0 Å². The molecular weight excluding hydrogens is 693 g/mol. The number of halogens is 4. The number of nitrogens with zero attached hydrogens (tertiary/aromatic N) is 9. The number of piperidine rings is 1. The quantitative estimate of drug-likeness (QED) is 0.264. The van der Waals surface area contributed by atoms with Crippen molar-refractivity contribution in [2.45, 2.75) is 64.1 Å². The molecule has 4 aromatic heterocycles. The third kappa shape index (κ3) is 5.94. The van der Waals surface area contributed by atoms with Gasteiger partial charge in [-0.15, -0.1) is 5.10 Å². The Hall–Kier alpha value is -5.45. The van der Waals surface area contributed by atoms with Crippen LogP contribution in [0.5, 0.6) is 5.75 Å². The van der Waals surface area contributed by atoms with E-state index in [0.717, 1.165) is 22.7 Å². The summed E-state index contributed by atoms with van der Waals surface area (Å²) in [6.07, 6.45) is 0.987. The van der Waals surface area contributed by atoms with Crippen LogP contribution in [0.3, 0.4) is 0 Å². The number of fused-ring (bicyclic) bond motifs is 3. The van der Waals surface area contributed by atoms with Gasteiger partial charge in [0.2, 0.25) is 11.7 Å². The molecule has 0 radical (unpaired) electrons. The molecule has 5 aromatic rings. The van der Waals surface area contributed by atoms with Crippen LogP contribution in [0, 0.1) is 13.8 Å². The van der Waals surface area contributed by atoms with Crippen LogP contribution in [-0.4, -0.2) is 74.0 Å². The van der Waals surface area contributed by atoms with Crippen molar-refractivity contribution < 1.29 is 27.9 Å². The van der Waals surface area contributed by atoms with Crippen molar-refractivity contribution in [2.75, 3.05) is 18.4 Å². The summed E-state index contributed by atoms with van der Waals surface area (Å²) in [5.41, 5.74) is -0.440. The predicted molar refractivity (Wildman–Crippen MR) is 176 cm³/mol. The zero-order chi connectivity index (χ0) is 36.4. The summed E-state index contributed by atoms with van der Waals surface area (Å²) in [6, 6.07) is 2.63. The molecule has 0 bridgehead atoms. The summed E-state index contributed by atoms with van der Waals surface area (Å²) in [4.78, 5) is 63.9. The number of amides is 2. The van der Waals surface area contributed by atoms with Gasteiger partial charge in [-0.25, -0.2) is 19.9 Å². The lowest BCUT2D eigenvalue weighted by molar-refractivity contribution is -0.137. The highest BCUT2D eigenvalue weighted by atomic mass is 35.5. The first-order chi connectivity index (χ1) is 24.2. The molecule has 2 N–H and O–H groups in total. The van der Waals surface area contributed by atoms with Crippen LogP contribution in [0.4, 0.5) is 18.9 Å². The van der Waals surface area contributed by atoms with Gasteiger partial charge in [0.15, 0.2) is 17.3 Å². The van der Waals surface area contributed by atoms with E-state index in [1.165, 1.54) is 18.7 Å². The second kappa shape index (κ2) is 12.4. The first-order valence-corrected chi connectivity index (χ1v) is 16.3. The Morgan fingerprint density at radius 3 is 2.47 bits per heavy atom. The van der Waals surface area contributed by atoms with Gasteiger partial charge in [-0.2, -0.15) is 22.7 Å². The fourth-order valence-corrected chi connectivity index (χ4v) is 7.37. The molecule has 0 saturated carbocycles. The van der Waals surface area contributed by atoms with Gasteiger partial charge in [-0.1, -0.05) is 18.5 Å². The number of hydrogen-bond acceptors (Lipinski definition) is 10. The third-order valence-electron chi connectivity index (χ3n) is 9.61. The number of aromatic nitrogens is 8. The van der Waals surface area contributed by atoms with Gasteiger partial charge in [0.05, 0.1) is 27.5 Å². The van der Waals surface area contributed by atoms with Crippen molar-refractivity contribution >= 4 is 34.9 Å². The number of anilines is 1. The number of aromatic hydroxyl groups is 1. The first kappa shape index (κ1) is 34.0. The summed E-state index contributed by atoms with van der Waals surface area (Å²) in [7, 11) is 0. The smallest absolute Gasteiger partial charge is 0.416 e. The minimum atomic E-state index is -4.62. The molecule has 1 aliphatic carbocycles. The molecule has 1 atom stereocenters. The van der Waals surface area contributed by atoms with E-state index in [4.69, 9.17) is 11.6 Å². The SMILES string of the molecule is Cc1ncc(-c2nc3n(CC(=O)Nc4ccc(C(F)(F)F)cc4Cl)c4c(c(=O)n3n2)C2(CCN(C(=O)c3ncnc(C)c3O)CC2)CC4C)cn1. The normalized spacial score (nSPS) is 16.8. The Kier molecular flexibility index (Phi) is 8.27. The lowest BCUT2D eigenvalue weighted by Gasteiger charge is -2.39. The Morgan fingerprint density at radius 1 is 1.10 bits per heavy atom. The van der Waals surface area contributed by atoms with Gasteiger partial charge >= 0.3 is 6.18 Å². The fourth-order valence-electron chi connectivity index (χ4n) is 7.15. The van der Waals surface area contributed by atoms with E-state index in [9.17, 15) is 32.7 Å². The van der Waals surface area contributed by atoms with E-state index in [1.807, 2.05) is 6.92 Å². The second-order valence-electron chi connectivity index (χ2n) is 12.9. The number of alkyl halides is 3. The average molecular weight is 723 g/mol. The van der Waals surface area contributed by atoms with Crippen LogP contribution in [0.25, 0.3) is 17.2 Å². The zero-order valence-electron chi connectivity index (χ0n) is 27.5. The molecule has 1 spiro atoms. The van der Waals surface area contributed by atoms with E-state index in [-0.39, 0.29) is 65.0 Å². The van der Waals surface area contributed by atoms with Crippen LogP contribution in [-0.2, 0) is 22.9 Å². The minimum absolute atomic E-state index is 0.0196. The average Bonchev–Trinajstić information content (AvgIpc) is 3.65. The maximum absolute atomic E-state index is 14.4. The Balaban J connectivity index is 1.28. The summed E-state index contributed by atoms with van der Waals surface area (Å²) in [5, 5.41) is 17.2. The standard InChI is InChI=1S/C33H30ClF3N10O4/c1-16-11-32(6-8-45(9-7-32)30(51)25-27(49)17(2)40-15-41-25)24-26(16)46(14-23(48)42-22-5-4-20(10-21(22)34)33(35,36)37)31-43-28(44-47(31)29(24)50)19-12-38-18(3)39-13-19/h4-5,10,12-13,15-16,49H,6-9,11,14H2,1-3H3,(H,42,48). The number of hydrogen-bond donors (Lipinski definition) is 2. The van der Waals surface area contributed by atoms with Gasteiger partial charge < -0.3 is 19.9 Å². The van der Waals surface area contributed by atoms with Crippen molar-refractivity contribution in [1.82, 2.24) is 44.0 Å². The number of rotatable bonds is 5. The van der Waals surface area contributed by atoms with Crippen LogP contribution in [0.1, 0.15) is 70.9 Å². The summed E-state index contributed by atoms with van der Waals surface area (Å²) < 4.78 is 42.4. The third-order valence-corrected chi connectivity index (χ3v) is 9.92. The molecule has 5 heterocycles. The van der Waals surface area contributed by atoms with Crippen LogP contribution >= 0.6 is 11.6 Å². The first-order valence-electron chi connectivity index (χ1n) is 16.0. The van der Waals surface area contributed by atoms with Gasteiger partial charge in [0.25, 0.3) is 11.5 Å².